The molecule has 0 radical (unpaired) electrons. The van der Waals surface area contributed by atoms with Gasteiger partial charge >= 0.3 is 0 Å². The standard InChI is InChI=1S/C18H25N5O3/c1-14-16(4-2-8-20-14)26-17-7-11-22(10-6-15(17)24)18(25)5-3-9-23-13-19-12-21-23/h2,4,8,12-13,15,17,24H,3,5-7,9-11H2,1H3/t15-,17-/m0/s1. The molecule has 0 bridgehead atoms. The normalized spacial score (nSPS) is 20.6. The Kier molecular flexibility index (Phi) is 6.17. The largest absolute Gasteiger partial charge is 0.486 e. The number of aryl methyl sites for hydroxylation is 2. The van der Waals surface area contributed by atoms with Gasteiger partial charge in [0, 0.05) is 38.7 Å². The van der Waals surface area contributed by atoms with Crippen LogP contribution in [0.2, 0.25) is 0 Å². The van der Waals surface area contributed by atoms with E-state index in [1.165, 1.54) is 6.33 Å². The van der Waals surface area contributed by atoms with Gasteiger partial charge in [-0.25, -0.2) is 4.98 Å². The minimum absolute atomic E-state index is 0.107. The van der Waals surface area contributed by atoms with Gasteiger partial charge in [0.15, 0.2) is 0 Å². The third-order valence-corrected chi connectivity index (χ3v) is 4.64. The maximum atomic E-state index is 12.5. The quantitative estimate of drug-likeness (QED) is 0.833. The summed E-state index contributed by atoms with van der Waals surface area (Å²) in [6, 6.07) is 3.67. The van der Waals surface area contributed by atoms with Crippen molar-refractivity contribution in [3.05, 3.63) is 36.7 Å². The van der Waals surface area contributed by atoms with E-state index in [1.54, 1.807) is 17.2 Å². The number of carbonyl (C=O) groups excluding carboxylic acids is 1. The highest BCUT2D eigenvalue weighted by molar-refractivity contribution is 5.76. The summed E-state index contributed by atoms with van der Waals surface area (Å²) in [5, 5.41) is 14.4. The number of hydrogen-bond acceptors (Lipinski definition) is 6. The number of amides is 1. The lowest BCUT2D eigenvalue weighted by molar-refractivity contribution is -0.131. The Labute approximate surface area is 152 Å². The third kappa shape index (κ3) is 4.78. The van der Waals surface area contributed by atoms with Crippen molar-refractivity contribution in [3.8, 4) is 5.75 Å². The molecule has 8 nitrogen and oxygen atoms in total. The van der Waals surface area contributed by atoms with Gasteiger partial charge in [-0.15, -0.1) is 0 Å². The van der Waals surface area contributed by atoms with Gasteiger partial charge in [-0.3, -0.25) is 14.5 Å². The summed E-state index contributed by atoms with van der Waals surface area (Å²) in [7, 11) is 0. The Morgan fingerprint density at radius 2 is 2.23 bits per heavy atom. The highest BCUT2D eigenvalue weighted by atomic mass is 16.5. The molecule has 26 heavy (non-hydrogen) atoms. The van der Waals surface area contributed by atoms with Crippen LogP contribution in [-0.4, -0.2) is 61.0 Å². The predicted molar refractivity (Wildman–Crippen MR) is 94.5 cm³/mol. The molecule has 0 unspecified atom stereocenters. The molecule has 0 saturated carbocycles. The van der Waals surface area contributed by atoms with Gasteiger partial charge in [-0.2, -0.15) is 5.10 Å². The first-order valence-corrected chi connectivity index (χ1v) is 9.00. The van der Waals surface area contributed by atoms with Gasteiger partial charge < -0.3 is 14.7 Å². The molecular weight excluding hydrogens is 334 g/mol. The van der Waals surface area contributed by atoms with Crippen LogP contribution in [0.1, 0.15) is 31.4 Å². The summed E-state index contributed by atoms with van der Waals surface area (Å²) in [4.78, 5) is 22.4. The Hall–Kier alpha value is -2.48. The summed E-state index contributed by atoms with van der Waals surface area (Å²) in [6.07, 6.45) is 6.22. The molecular formula is C18H25N5O3. The Balaban J connectivity index is 1.49. The summed E-state index contributed by atoms with van der Waals surface area (Å²) in [5.41, 5.74) is 0.796. The molecule has 2 aromatic heterocycles. The molecule has 2 atom stereocenters. The molecule has 2 aromatic rings. The number of nitrogens with zero attached hydrogens (tertiary/aromatic N) is 5. The van der Waals surface area contributed by atoms with Gasteiger partial charge in [-0.05, 0) is 31.9 Å². The molecule has 0 aromatic carbocycles. The number of aromatic nitrogens is 4. The number of pyridine rings is 1. The van der Waals surface area contributed by atoms with Gasteiger partial charge in [0.05, 0.1) is 11.8 Å². The second-order valence-corrected chi connectivity index (χ2v) is 6.53. The van der Waals surface area contributed by atoms with Crippen molar-refractivity contribution in [1.82, 2.24) is 24.6 Å². The van der Waals surface area contributed by atoms with Gasteiger partial charge in [0.1, 0.15) is 24.5 Å². The predicted octanol–water partition coefficient (Wildman–Crippen LogP) is 1.19. The van der Waals surface area contributed by atoms with Crippen LogP contribution in [0.4, 0.5) is 0 Å². The lowest BCUT2D eigenvalue weighted by Crippen LogP contribution is -2.32. The molecule has 0 spiro atoms. The fourth-order valence-corrected chi connectivity index (χ4v) is 3.10. The Morgan fingerprint density at radius 1 is 1.38 bits per heavy atom. The number of ether oxygens (including phenoxy) is 1. The minimum Gasteiger partial charge on any atom is -0.486 e. The van der Waals surface area contributed by atoms with Crippen molar-refractivity contribution in [2.75, 3.05) is 13.1 Å². The first-order valence-electron chi connectivity index (χ1n) is 9.00. The highest BCUT2D eigenvalue weighted by Crippen LogP contribution is 2.22. The Morgan fingerprint density at radius 3 is 3.00 bits per heavy atom. The Bertz CT molecular complexity index is 707. The lowest BCUT2D eigenvalue weighted by atomic mass is 10.1. The molecule has 1 saturated heterocycles. The monoisotopic (exact) mass is 359 g/mol. The van der Waals surface area contributed by atoms with Gasteiger partial charge in [0.25, 0.3) is 0 Å². The second kappa shape index (κ2) is 8.75. The number of carbonyl (C=O) groups is 1. The van der Waals surface area contributed by atoms with E-state index < -0.39 is 6.10 Å². The van der Waals surface area contributed by atoms with Crippen molar-refractivity contribution >= 4 is 5.91 Å². The molecule has 140 valence electrons. The zero-order chi connectivity index (χ0) is 18.4. The smallest absolute Gasteiger partial charge is 0.222 e. The number of likely N-dealkylation sites (tertiary alicyclic amines) is 1. The zero-order valence-electron chi connectivity index (χ0n) is 15.0. The lowest BCUT2D eigenvalue weighted by Gasteiger charge is -2.22. The molecule has 1 aliphatic heterocycles. The maximum absolute atomic E-state index is 12.5. The van der Waals surface area contributed by atoms with E-state index in [0.29, 0.717) is 44.6 Å². The first-order chi connectivity index (χ1) is 12.6. The summed E-state index contributed by atoms with van der Waals surface area (Å²) in [6.45, 7) is 3.69. The van der Waals surface area contributed by atoms with E-state index in [1.807, 2.05) is 24.0 Å². The molecule has 3 heterocycles. The van der Waals surface area contributed by atoms with E-state index >= 15 is 0 Å². The average Bonchev–Trinajstić information content (AvgIpc) is 3.08. The molecule has 3 rings (SSSR count). The number of rotatable bonds is 6. The van der Waals surface area contributed by atoms with Crippen molar-refractivity contribution in [1.29, 1.82) is 0 Å². The molecule has 8 heteroatoms. The fraction of sp³-hybridized carbons (Fsp3) is 0.556. The number of aliphatic hydroxyl groups is 1. The van der Waals surface area contributed by atoms with Crippen LogP contribution in [0.3, 0.4) is 0 Å². The van der Waals surface area contributed by atoms with Crippen LogP contribution in [0.15, 0.2) is 31.0 Å². The number of hydrogen-bond donors (Lipinski definition) is 1. The van der Waals surface area contributed by atoms with Crippen LogP contribution in [0, 0.1) is 6.92 Å². The summed E-state index contributed by atoms with van der Waals surface area (Å²) < 4.78 is 7.69. The molecule has 0 aliphatic carbocycles. The van der Waals surface area contributed by atoms with Crippen LogP contribution >= 0.6 is 0 Å². The third-order valence-electron chi connectivity index (χ3n) is 4.64. The van der Waals surface area contributed by atoms with E-state index in [-0.39, 0.29) is 12.0 Å². The molecule has 1 aliphatic rings. The van der Waals surface area contributed by atoms with Crippen molar-refractivity contribution in [2.45, 2.75) is 51.4 Å². The zero-order valence-corrected chi connectivity index (χ0v) is 15.0. The van der Waals surface area contributed by atoms with Gasteiger partial charge in [0.2, 0.25) is 5.91 Å². The maximum Gasteiger partial charge on any atom is 0.222 e. The summed E-state index contributed by atoms with van der Waals surface area (Å²) in [5.74, 6) is 0.791. The van der Waals surface area contributed by atoms with Crippen LogP contribution in [0.5, 0.6) is 5.75 Å². The van der Waals surface area contributed by atoms with Crippen LogP contribution in [0.25, 0.3) is 0 Å². The van der Waals surface area contributed by atoms with Gasteiger partial charge in [-0.1, -0.05) is 0 Å². The molecule has 1 amide bonds. The van der Waals surface area contributed by atoms with E-state index in [9.17, 15) is 9.90 Å². The van der Waals surface area contributed by atoms with Crippen LogP contribution < -0.4 is 4.74 Å². The molecule has 1 fully saturated rings. The average molecular weight is 359 g/mol. The van der Waals surface area contributed by atoms with Crippen molar-refractivity contribution in [3.63, 3.8) is 0 Å². The topological polar surface area (TPSA) is 93.4 Å². The van der Waals surface area contributed by atoms with E-state index in [0.717, 1.165) is 12.1 Å². The summed E-state index contributed by atoms with van der Waals surface area (Å²) >= 11 is 0. The second-order valence-electron chi connectivity index (χ2n) is 6.53. The van der Waals surface area contributed by atoms with Crippen LogP contribution in [-0.2, 0) is 11.3 Å². The van der Waals surface area contributed by atoms with Crippen molar-refractivity contribution in [2.24, 2.45) is 0 Å². The highest BCUT2D eigenvalue weighted by Gasteiger charge is 2.28. The molecule has 1 N–H and O–H groups in total. The van der Waals surface area contributed by atoms with E-state index in [2.05, 4.69) is 15.1 Å². The SMILES string of the molecule is Cc1ncccc1O[C@H]1CCN(C(=O)CCCn2cncn2)CC[C@@H]1O. The number of aliphatic hydroxyl groups excluding tert-OH is 1. The minimum atomic E-state index is -0.595. The fourth-order valence-electron chi connectivity index (χ4n) is 3.10. The first kappa shape index (κ1) is 18.3. The van der Waals surface area contributed by atoms with Crippen molar-refractivity contribution < 1.29 is 14.6 Å². The van der Waals surface area contributed by atoms with E-state index in [4.69, 9.17) is 4.74 Å².